The van der Waals surface area contributed by atoms with E-state index >= 15 is 0 Å². The topological polar surface area (TPSA) is 66.5 Å². The molecule has 0 radical (unpaired) electrons. The van der Waals surface area contributed by atoms with Crippen molar-refractivity contribution < 1.29 is 14.4 Å². The van der Waals surface area contributed by atoms with Crippen molar-refractivity contribution in [2.75, 3.05) is 18.4 Å². The number of carbonyl (C=O) groups excluding carboxylic acids is 3. The number of anilines is 1. The third kappa shape index (κ3) is 3.72. The lowest BCUT2D eigenvalue weighted by Gasteiger charge is -2.30. The molecule has 5 heteroatoms. The van der Waals surface area contributed by atoms with Crippen LogP contribution in [0, 0.1) is 11.8 Å². The number of benzene rings is 1. The highest BCUT2D eigenvalue weighted by atomic mass is 16.2. The number of likely N-dealkylation sites (tertiary alicyclic amines) is 1. The first-order valence-electron chi connectivity index (χ1n) is 8.45. The molecular formula is C19H22N2O3. The van der Waals surface area contributed by atoms with Crippen LogP contribution in [0.15, 0.2) is 36.9 Å². The second kappa shape index (κ2) is 6.99. The third-order valence-corrected chi connectivity index (χ3v) is 4.71. The van der Waals surface area contributed by atoms with E-state index in [1.165, 1.54) is 6.08 Å². The zero-order chi connectivity index (χ0) is 17.1. The number of hydrogen-bond acceptors (Lipinski definition) is 3. The molecule has 0 spiro atoms. The first kappa shape index (κ1) is 16.4. The molecule has 1 saturated carbocycles. The van der Waals surface area contributed by atoms with Crippen LogP contribution in [0.25, 0.3) is 0 Å². The Kier molecular flexibility index (Phi) is 4.79. The SMILES string of the molecule is C=CC(=O)N1CCC(C(=O)Nc2cccc(C(=O)C3CC3)c2)CC1. The Hall–Kier alpha value is -2.43. The fourth-order valence-corrected chi connectivity index (χ4v) is 3.07. The van der Waals surface area contributed by atoms with Crippen molar-refractivity contribution >= 4 is 23.3 Å². The van der Waals surface area contributed by atoms with Gasteiger partial charge in [-0.05, 0) is 43.9 Å². The van der Waals surface area contributed by atoms with Crippen molar-refractivity contribution in [3.8, 4) is 0 Å². The van der Waals surface area contributed by atoms with Gasteiger partial charge in [0.2, 0.25) is 11.8 Å². The zero-order valence-electron chi connectivity index (χ0n) is 13.7. The van der Waals surface area contributed by atoms with Gasteiger partial charge in [-0.3, -0.25) is 14.4 Å². The average molecular weight is 326 g/mol. The lowest BCUT2D eigenvalue weighted by molar-refractivity contribution is -0.130. The molecule has 0 bridgehead atoms. The molecule has 2 aliphatic rings. The van der Waals surface area contributed by atoms with Crippen LogP contribution in [0.5, 0.6) is 0 Å². The molecule has 0 atom stereocenters. The number of piperidine rings is 1. The molecule has 1 aromatic rings. The molecule has 1 heterocycles. The van der Waals surface area contributed by atoms with Crippen LogP contribution >= 0.6 is 0 Å². The highest BCUT2D eigenvalue weighted by Gasteiger charge is 2.30. The molecule has 0 aromatic heterocycles. The predicted molar refractivity (Wildman–Crippen MR) is 91.6 cm³/mol. The van der Waals surface area contributed by atoms with Gasteiger partial charge < -0.3 is 10.2 Å². The van der Waals surface area contributed by atoms with E-state index in [0.29, 0.717) is 37.2 Å². The van der Waals surface area contributed by atoms with Gasteiger partial charge in [-0.25, -0.2) is 0 Å². The van der Waals surface area contributed by atoms with E-state index in [0.717, 1.165) is 12.8 Å². The van der Waals surface area contributed by atoms with Crippen LogP contribution in [-0.4, -0.2) is 35.6 Å². The Morgan fingerprint density at radius 3 is 2.42 bits per heavy atom. The predicted octanol–water partition coefficient (Wildman–Crippen LogP) is 2.64. The molecule has 1 aliphatic heterocycles. The number of nitrogens with one attached hydrogen (secondary N) is 1. The quantitative estimate of drug-likeness (QED) is 0.668. The first-order valence-corrected chi connectivity index (χ1v) is 8.45. The largest absolute Gasteiger partial charge is 0.339 e. The molecule has 126 valence electrons. The van der Waals surface area contributed by atoms with Gasteiger partial charge >= 0.3 is 0 Å². The minimum Gasteiger partial charge on any atom is -0.339 e. The summed E-state index contributed by atoms with van der Waals surface area (Å²) in [6.07, 6.45) is 4.54. The van der Waals surface area contributed by atoms with Gasteiger partial charge in [0.1, 0.15) is 0 Å². The fourth-order valence-electron chi connectivity index (χ4n) is 3.07. The number of carbonyl (C=O) groups is 3. The molecule has 1 aliphatic carbocycles. The molecule has 5 nitrogen and oxygen atoms in total. The lowest BCUT2D eigenvalue weighted by Crippen LogP contribution is -2.40. The van der Waals surface area contributed by atoms with E-state index in [1.807, 2.05) is 0 Å². The summed E-state index contributed by atoms with van der Waals surface area (Å²) in [7, 11) is 0. The fraction of sp³-hybridized carbons (Fsp3) is 0.421. The summed E-state index contributed by atoms with van der Waals surface area (Å²) in [6, 6.07) is 7.17. The molecule has 1 N–H and O–H groups in total. The highest BCUT2D eigenvalue weighted by molar-refractivity contribution is 6.01. The van der Waals surface area contributed by atoms with Crippen molar-refractivity contribution in [1.29, 1.82) is 0 Å². The first-order chi connectivity index (χ1) is 11.6. The Morgan fingerprint density at radius 1 is 1.08 bits per heavy atom. The standard InChI is InChI=1S/C19H22N2O3/c1-2-17(22)21-10-8-14(9-11-21)19(24)20-16-5-3-4-15(12-16)18(23)13-6-7-13/h2-5,12-14H,1,6-11H2,(H,20,24). The monoisotopic (exact) mass is 326 g/mol. The average Bonchev–Trinajstić information content (AvgIpc) is 3.46. The minimum absolute atomic E-state index is 0.0447. The van der Waals surface area contributed by atoms with Crippen molar-refractivity contribution in [3.63, 3.8) is 0 Å². The molecule has 2 amide bonds. The molecule has 24 heavy (non-hydrogen) atoms. The summed E-state index contributed by atoms with van der Waals surface area (Å²) < 4.78 is 0. The van der Waals surface area contributed by atoms with Gasteiger partial charge in [0.25, 0.3) is 0 Å². The molecule has 0 unspecified atom stereocenters. The van der Waals surface area contributed by atoms with Crippen LogP contribution in [0.1, 0.15) is 36.0 Å². The van der Waals surface area contributed by atoms with Gasteiger partial charge in [0.15, 0.2) is 5.78 Å². The Morgan fingerprint density at radius 2 is 1.79 bits per heavy atom. The second-order valence-electron chi connectivity index (χ2n) is 6.51. The van der Waals surface area contributed by atoms with Crippen LogP contribution in [0.2, 0.25) is 0 Å². The van der Waals surface area contributed by atoms with Gasteiger partial charge in [0.05, 0.1) is 0 Å². The van der Waals surface area contributed by atoms with Crippen LogP contribution in [-0.2, 0) is 9.59 Å². The molecule has 2 fully saturated rings. The Balaban J connectivity index is 1.57. The highest BCUT2D eigenvalue weighted by Crippen LogP contribution is 2.33. The van der Waals surface area contributed by atoms with E-state index in [9.17, 15) is 14.4 Å². The molecule has 3 rings (SSSR count). The lowest BCUT2D eigenvalue weighted by atomic mass is 9.95. The number of Topliss-reactive ketones (excluding diaryl/α,β-unsaturated/α-hetero) is 1. The second-order valence-corrected chi connectivity index (χ2v) is 6.51. The number of nitrogens with zero attached hydrogens (tertiary/aromatic N) is 1. The smallest absolute Gasteiger partial charge is 0.245 e. The van der Waals surface area contributed by atoms with Gasteiger partial charge in [0, 0.05) is 36.2 Å². The summed E-state index contributed by atoms with van der Waals surface area (Å²) in [4.78, 5) is 37.8. The van der Waals surface area contributed by atoms with Crippen LogP contribution in [0.3, 0.4) is 0 Å². The number of amides is 2. The summed E-state index contributed by atoms with van der Waals surface area (Å²) in [6.45, 7) is 4.63. The van der Waals surface area contributed by atoms with Gasteiger partial charge in [-0.1, -0.05) is 18.7 Å². The summed E-state index contributed by atoms with van der Waals surface area (Å²) in [5.74, 6) is 0.101. The van der Waals surface area contributed by atoms with E-state index in [-0.39, 0.29) is 29.4 Å². The number of rotatable bonds is 5. The van der Waals surface area contributed by atoms with E-state index in [2.05, 4.69) is 11.9 Å². The van der Waals surface area contributed by atoms with Gasteiger partial charge in [-0.2, -0.15) is 0 Å². The summed E-state index contributed by atoms with van der Waals surface area (Å²) in [5.41, 5.74) is 1.33. The molecular weight excluding hydrogens is 304 g/mol. The van der Waals surface area contributed by atoms with Crippen molar-refractivity contribution in [2.24, 2.45) is 11.8 Å². The minimum atomic E-state index is -0.110. The van der Waals surface area contributed by atoms with E-state index < -0.39 is 0 Å². The summed E-state index contributed by atoms with van der Waals surface area (Å²) >= 11 is 0. The maximum absolute atomic E-state index is 12.4. The molecule has 1 aromatic carbocycles. The van der Waals surface area contributed by atoms with Crippen molar-refractivity contribution in [2.45, 2.75) is 25.7 Å². The zero-order valence-corrected chi connectivity index (χ0v) is 13.7. The maximum Gasteiger partial charge on any atom is 0.245 e. The Bertz CT molecular complexity index is 671. The van der Waals surface area contributed by atoms with Crippen molar-refractivity contribution in [1.82, 2.24) is 4.90 Å². The maximum atomic E-state index is 12.4. The van der Waals surface area contributed by atoms with E-state index in [4.69, 9.17) is 0 Å². The number of ketones is 1. The normalized spacial score (nSPS) is 18.1. The third-order valence-electron chi connectivity index (χ3n) is 4.71. The van der Waals surface area contributed by atoms with Crippen molar-refractivity contribution in [3.05, 3.63) is 42.5 Å². The van der Waals surface area contributed by atoms with Gasteiger partial charge in [-0.15, -0.1) is 0 Å². The summed E-state index contributed by atoms with van der Waals surface area (Å²) in [5, 5.41) is 2.91. The Labute approximate surface area is 141 Å². The number of hydrogen-bond donors (Lipinski definition) is 1. The van der Waals surface area contributed by atoms with Crippen LogP contribution < -0.4 is 5.32 Å². The van der Waals surface area contributed by atoms with Crippen LogP contribution in [0.4, 0.5) is 5.69 Å². The molecule has 1 saturated heterocycles. The van der Waals surface area contributed by atoms with E-state index in [1.54, 1.807) is 29.2 Å².